The molecule has 1 aliphatic rings. The van der Waals surface area contributed by atoms with Crippen molar-refractivity contribution in [3.63, 3.8) is 0 Å². The molecule has 0 aliphatic carbocycles. The Labute approximate surface area is 138 Å². The molecule has 122 valence electrons. The zero-order valence-electron chi connectivity index (χ0n) is 13.3. The average molecular weight is 323 g/mol. The third-order valence-corrected chi connectivity index (χ3v) is 4.20. The summed E-state index contributed by atoms with van der Waals surface area (Å²) in [5.41, 5.74) is 1.37. The molecule has 0 aromatic carbocycles. The van der Waals surface area contributed by atoms with E-state index in [1.807, 2.05) is 24.0 Å². The molecule has 0 saturated carbocycles. The molecule has 1 amide bonds. The van der Waals surface area contributed by atoms with Crippen LogP contribution >= 0.6 is 0 Å². The summed E-state index contributed by atoms with van der Waals surface area (Å²) in [5.74, 6) is 1.66. The summed E-state index contributed by atoms with van der Waals surface area (Å²) in [6.45, 7) is 4.68. The summed E-state index contributed by atoms with van der Waals surface area (Å²) < 4.78 is 1.74. The largest absolute Gasteiger partial charge is 0.352 e. The van der Waals surface area contributed by atoms with Crippen molar-refractivity contribution in [3.05, 3.63) is 48.0 Å². The molecule has 4 heterocycles. The van der Waals surface area contributed by atoms with Gasteiger partial charge in [0.15, 0.2) is 11.5 Å². The summed E-state index contributed by atoms with van der Waals surface area (Å²) in [6, 6.07) is 7.44. The van der Waals surface area contributed by atoms with Crippen LogP contribution < -0.4 is 4.90 Å². The number of amides is 1. The van der Waals surface area contributed by atoms with Gasteiger partial charge in [-0.1, -0.05) is 0 Å². The molecule has 24 heavy (non-hydrogen) atoms. The van der Waals surface area contributed by atoms with Crippen molar-refractivity contribution in [3.8, 4) is 0 Å². The predicted molar refractivity (Wildman–Crippen MR) is 87.9 cm³/mol. The van der Waals surface area contributed by atoms with E-state index >= 15 is 0 Å². The van der Waals surface area contributed by atoms with Crippen molar-refractivity contribution in [2.75, 3.05) is 31.1 Å². The minimum atomic E-state index is 0.0285. The molecular formula is C16H17N7O. The molecule has 0 spiro atoms. The third-order valence-electron chi connectivity index (χ3n) is 4.20. The quantitative estimate of drug-likeness (QED) is 0.694. The second-order valence-corrected chi connectivity index (χ2v) is 5.73. The van der Waals surface area contributed by atoms with Crippen molar-refractivity contribution in [2.24, 2.45) is 0 Å². The summed E-state index contributed by atoms with van der Waals surface area (Å²) in [7, 11) is 0. The van der Waals surface area contributed by atoms with Crippen LogP contribution in [0.1, 0.15) is 16.2 Å². The van der Waals surface area contributed by atoms with Crippen LogP contribution in [-0.2, 0) is 0 Å². The molecule has 4 rings (SSSR count). The fourth-order valence-electron chi connectivity index (χ4n) is 2.87. The van der Waals surface area contributed by atoms with Crippen LogP contribution in [0.15, 0.2) is 36.7 Å². The highest BCUT2D eigenvalue weighted by Crippen LogP contribution is 2.16. The maximum absolute atomic E-state index is 12.5. The molecule has 0 atom stereocenters. The second kappa shape index (κ2) is 5.88. The standard InChI is InChI=1S/C16H17N7O/c1-12-18-19-14-4-5-15(20-23(12)14)21-7-9-22(10-8-21)16(24)13-3-2-6-17-11-13/h2-6,11H,7-10H2,1H3. The van der Waals surface area contributed by atoms with Crippen LogP contribution in [0, 0.1) is 6.92 Å². The topological polar surface area (TPSA) is 79.5 Å². The lowest BCUT2D eigenvalue weighted by molar-refractivity contribution is 0.0746. The number of aromatic nitrogens is 5. The molecule has 0 bridgehead atoms. The number of carbonyl (C=O) groups excluding carboxylic acids is 1. The third kappa shape index (κ3) is 2.55. The van der Waals surface area contributed by atoms with E-state index in [9.17, 15) is 4.79 Å². The maximum Gasteiger partial charge on any atom is 0.255 e. The summed E-state index contributed by atoms with van der Waals surface area (Å²) in [5, 5.41) is 12.7. The smallest absolute Gasteiger partial charge is 0.255 e. The molecule has 1 fully saturated rings. The lowest BCUT2D eigenvalue weighted by Gasteiger charge is -2.35. The average Bonchev–Trinajstić information content (AvgIpc) is 3.02. The van der Waals surface area contributed by atoms with Crippen LogP contribution in [0.25, 0.3) is 5.65 Å². The molecule has 3 aromatic heterocycles. The Balaban J connectivity index is 1.47. The molecule has 8 heteroatoms. The van der Waals surface area contributed by atoms with Crippen LogP contribution in [0.5, 0.6) is 0 Å². The van der Waals surface area contributed by atoms with Crippen molar-refractivity contribution in [1.82, 2.24) is 29.7 Å². The zero-order valence-corrected chi connectivity index (χ0v) is 13.3. The second-order valence-electron chi connectivity index (χ2n) is 5.73. The van der Waals surface area contributed by atoms with Crippen molar-refractivity contribution >= 4 is 17.4 Å². The van der Waals surface area contributed by atoms with Crippen LogP contribution in [0.3, 0.4) is 0 Å². The van der Waals surface area contributed by atoms with Gasteiger partial charge in [-0.3, -0.25) is 9.78 Å². The SMILES string of the molecule is Cc1nnc2ccc(N3CCN(C(=O)c4cccnc4)CC3)nn12. The molecule has 3 aromatic rings. The van der Waals surface area contributed by atoms with E-state index in [4.69, 9.17) is 0 Å². The number of pyridine rings is 1. The first kappa shape index (κ1) is 14.6. The molecule has 1 aliphatic heterocycles. The van der Waals surface area contributed by atoms with Gasteiger partial charge in [0, 0.05) is 38.6 Å². The number of fused-ring (bicyclic) bond motifs is 1. The number of anilines is 1. The van der Waals surface area contributed by atoms with E-state index in [2.05, 4.69) is 25.2 Å². The van der Waals surface area contributed by atoms with E-state index in [0.29, 0.717) is 18.7 Å². The molecule has 0 N–H and O–H groups in total. The first-order valence-electron chi connectivity index (χ1n) is 7.86. The first-order chi connectivity index (χ1) is 11.7. The molecule has 8 nitrogen and oxygen atoms in total. The highest BCUT2D eigenvalue weighted by molar-refractivity contribution is 5.94. The van der Waals surface area contributed by atoms with Gasteiger partial charge in [0.1, 0.15) is 5.82 Å². The highest BCUT2D eigenvalue weighted by atomic mass is 16.2. The summed E-state index contributed by atoms with van der Waals surface area (Å²) in [6.07, 6.45) is 3.28. The lowest BCUT2D eigenvalue weighted by Crippen LogP contribution is -2.49. The van der Waals surface area contributed by atoms with Crippen molar-refractivity contribution in [1.29, 1.82) is 0 Å². The minimum Gasteiger partial charge on any atom is -0.352 e. The number of carbonyl (C=O) groups is 1. The maximum atomic E-state index is 12.5. The van der Waals surface area contributed by atoms with Crippen molar-refractivity contribution in [2.45, 2.75) is 6.92 Å². The highest BCUT2D eigenvalue weighted by Gasteiger charge is 2.23. The fraction of sp³-hybridized carbons (Fsp3) is 0.312. The summed E-state index contributed by atoms with van der Waals surface area (Å²) >= 11 is 0. The van der Waals surface area contributed by atoms with Gasteiger partial charge in [-0.25, -0.2) is 0 Å². The number of hydrogen-bond acceptors (Lipinski definition) is 6. The summed E-state index contributed by atoms with van der Waals surface area (Å²) in [4.78, 5) is 20.5. The van der Waals surface area contributed by atoms with Crippen LogP contribution in [0.4, 0.5) is 5.82 Å². The van der Waals surface area contributed by atoms with Gasteiger partial charge in [-0.05, 0) is 31.2 Å². The Morgan fingerprint density at radius 1 is 1.08 bits per heavy atom. The predicted octanol–water partition coefficient (Wildman–Crippen LogP) is 0.790. The van der Waals surface area contributed by atoms with Gasteiger partial charge in [-0.2, -0.15) is 4.52 Å². The Morgan fingerprint density at radius 3 is 2.67 bits per heavy atom. The van der Waals surface area contributed by atoms with E-state index in [0.717, 1.165) is 30.4 Å². The number of aryl methyl sites for hydroxylation is 1. The number of nitrogens with zero attached hydrogens (tertiary/aromatic N) is 7. The van der Waals surface area contributed by atoms with Crippen LogP contribution in [0.2, 0.25) is 0 Å². The Morgan fingerprint density at radius 2 is 1.92 bits per heavy atom. The number of piperazine rings is 1. The fourth-order valence-corrected chi connectivity index (χ4v) is 2.87. The molecular weight excluding hydrogens is 306 g/mol. The van der Waals surface area contributed by atoms with Gasteiger partial charge < -0.3 is 9.80 Å². The Kier molecular flexibility index (Phi) is 3.56. The number of rotatable bonds is 2. The van der Waals surface area contributed by atoms with Gasteiger partial charge in [-0.15, -0.1) is 15.3 Å². The first-order valence-corrected chi connectivity index (χ1v) is 7.86. The van der Waals surface area contributed by atoms with E-state index < -0.39 is 0 Å². The number of hydrogen-bond donors (Lipinski definition) is 0. The van der Waals surface area contributed by atoms with E-state index in [1.54, 1.807) is 29.0 Å². The Bertz CT molecular complexity index is 869. The zero-order chi connectivity index (χ0) is 16.5. The van der Waals surface area contributed by atoms with Gasteiger partial charge in [0.05, 0.1) is 5.56 Å². The molecule has 1 saturated heterocycles. The van der Waals surface area contributed by atoms with E-state index in [-0.39, 0.29) is 5.91 Å². The Hall–Kier alpha value is -3.03. The van der Waals surface area contributed by atoms with Crippen molar-refractivity contribution < 1.29 is 4.79 Å². The lowest BCUT2D eigenvalue weighted by atomic mass is 10.2. The molecule has 0 radical (unpaired) electrons. The van der Waals surface area contributed by atoms with Gasteiger partial charge in [0.25, 0.3) is 5.91 Å². The van der Waals surface area contributed by atoms with E-state index in [1.165, 1.54) is 0 Å². The van der Waals surface area contributed by atoms with Gasteiger partial charge in [0.2, 0.25) is 0 Å². The van der Waals surface area contributed by atoms with Gasteiger partial charge >= 0.3 is 0 Å². The molecule has 0 unspecified atom stereocenters. The normalized spacial score (nSPS) is 15.0. The minimum absolute atomic E-state index is 0.0285. The van der Waals surface area contributed by atoms with Crippen LogP contribution in [-0.4, -0.2) is 61.8 Å². The monoisotopic (exact) mass is 323 g/mol.